The predicted octanol–water partition coefficient (Wildman–Crippen LogP) is 3.21. The van der Waals surface area contributed by atoms with Gasteiger partial charge >= 0.3 is 10.7 Å². The molecule has 0 spiro atoms. The summed E-state index contributed by atoms with van der Waals surface area (Å²) in [5.74, 6) is 0. The van der Waals surface area contributed by atoms with E-state index in [-0.39, 0.29) is 6.10 Å². The number of hydrogen-bond acceptors (Lipinski definition) is 3. The molecule has 0 radical (unpaired) electrons. The van der Waals surface area contributed by atoms with E-state index in [0.29, 0.717) is 25.4 Å². The first-order valence-corrected chi connectivity index (χ1v) is 6.84. The van der Waals surface area contributed by atoms with Gasteiger partial charge in [-0.3, -0.25) is 9.59 Å². The monoisotopic (exact) mass is 316 g/mol. The number of rotatable bonds is 2. The third-order valence-electron chi connectivity index (χ3n) is 3.21. The molecule has 1 aliphatic rings. The molecule has 0 bridgehead atoms. The molecule has 1 saturated heterocycles. The molecule has 20 heavy (non-hydrogen) atoms. The van der Waals surface area contributed by atoms with Gasteiger partial charge in [0.15, 0.2) is 0 Å². The van der Waals surface area contributed by atoms with Gasteiger partial charge in [-0.15, -0.1) is 0 Å². The number of ether oxygens (including phenoxy) is 1. The van der Waals surface area contributed by atoms with Crippen LogP contribution in [0.15, 0.2) is 24.3 Å². The van der Waals surface area contributed by atoms with Crippen LogP contribution in [0.1, 0.15) is 11.7 Å². The number of anilines is 1. The van der Waals surface area contributed by atoms with Crippen LogP contribution in [-0.2, 0) is 4.74 Å². The number of carbonyl (C=O) groups is 2. The summed E-state index contributed by atoms with van der Waals surface area (Å²) < 4.78 is 5.65. The summed E-state index contributed by atoms with van der Waals surface area (Å²) in [5.41, 5.74) is 1.54. The predicted molar refractivity (Wildman–Crippen MR) is 77.6 cm³/mol. The Morgan fingerprint density at radius 3 is 2.80 bits per heavy atom. The van der Waals surface area contributed by atoms with Crippen molar-refractivity contribution in [3.63, 3.8) is 0 Å². The van der Waals surface area contributed by atoms with E-state index in [1.54, 1.807) is 13.1 Å². The molecule has 1 heterocycles. The minimum atomic E-state index is -0.565. The average molecular weight is 317 g/mol. The van der Waals surface area contributed by atoms with Crippen LogP contribution in [0, 0.1) is 0 Å². The molecule has 0 saturated carbocycles. The van der Waals surface area contributed by atoms with Gasteiger partial charge in [-0.1, -0.05) is 12.1 Å². The molecule has 0 aromatic heterocycles. The second kappa shape index (κ2) is 6.43. The summed E-state index contributed by atoms with van der Waals surface area (Å²) in [6.07, 6.45) is -0.259. The van der Waals surface area contributed by atoms with Crippen LogP contribution in [0.5, 0.6) is 0 Å². The summed E-state index contributed by atoms with van der Waals surface area (Å²) in [6.45, 7) is 1.31. The van der Waals surface area contributed by atoms with Gasteiger partial charge in [0.05, 0.1) is 13.2 Å². The molecule has 108 valence electrons. The van der Waals surface area contributed by atoms with Crippen molar-refractivity contribution in [2.45, 2.75) is 6.10 Å². The zero-order valence-corrected chi connectivity index (χ0v) is 12.4. The topological polar surface area (TPSA) is 49.9 Å². The highest BCUT2D eigenvalue weighted by Crippen LogP contribution is 2.26. The van der Waals surface area contributed by atoms with Crippen LogP contribution in [0.4, 0.5) is 15.3 Å². The molecule has 0 N–H and O–H groups in total. The number of hydrogen-bond donors (Lipinski definition) is 0. The Bertz CT molecular complexity index is 524. The van der Waals surface area contributed by atoms with E-state index in [2.05, 4.69) is 0 Å². The minimum absolute atomic E-state index is 0.259. The smallest absolute Gasteiger partial charge is 0.320 e. The van der Waals surface area contributed by atoms with Crippen LogP contribution in [0.2, 0.25) is 0 Å². The van der Waals surface area contributed by atoms with Gasteiger partial charge in [0.25, 0.3) is 0 Å². The van der Waals surface area contributed by atoms with E-state index >= 15 is 0 Å². The Balaban J connectivity index is 2.18. The fourth-order valence-corrected chi connectivity index (χ4v) is 2.30. The van der Waals surface area contributed by atoms with E-state index in [0.717, 1.165) is 5.56 Å². The van der Waals surface area contributed by atoms with Gasteiger partial charge in [0.1, 0.15) is 6.10 Å². The Kier molecular flexibility index (Phi) is 4.86. The highest BCUT2D eigenvalue weighted by molar-refractivity contribution is 6.66. The molecule has 0 aliphatic carbocycles. The molecule has 1 unspecified atom stereocenters. The second-order valence-corrected chi connectivity index (χ2v) is 5.11. The molecule has 2 rings (SSSR count). The molecule has 1 aliphatic heterocycles. The van der Waals surface area contributed by atoms with Crippen molar-refractivity contribution in [2.75, 3.05) is 31.6 Å². The normalized spacial score (nSPS) is 18.8. The van der Waals surface area contributed by atoms with Crippen molar-refractivity contribution in [1.29, 1.82) is 0 Å². The molecule has 2 amide bonds. The van der Waals surface area contributed by atoms with Gasteiger partial charge < -0.3 is 14.5 Å². The third kappa shape index (κ3) is 3.42. The van der Waals surface area contributed by atoms with E-state index in [4.69, 9.17) is 27.9 Å². The van der Waals surface area contributed by atoms with E-state index < -0.39 is 10.7 Å². The van der Waals surface area contributed by atoms with Crippen LogP contribution in [-0.4, -0.2) is 42.4 Å². The molecule has 1 atom stereocenters. The summed E-state index contributed by atoms with van der Waals surface area (Å²) in [4.78, 5) is 25.2. The highest BCUT2D eigenvalue weighted by atomic mass is 35.5. The first-order valence-electron chi connectivity index (χ1n) is 6.08. The summed E-state index contributed by atoms with van der Waals surface area (Å²) in [6, 6.07) is 7.28. The number of benzene rings is 1. The summed E-state index contributed by atoms with van der Waals surface area (Å²) in [5, 5.41) is -1.05. The van der Waals surface area contributed by atoms with Crippen LogP contribution < -0.4 is 4.90 Å². The molecular weight excluding hydrogens is 303 g/mol. The Morgan fingerprint density at radius 1 is 1.40 bits per heavy atom. The molecular formula is C13H14Cl2N2O3. The fraction of sp³-hybridized carbons (Fsp3) is 0.385. The Morgan fingerprint density at radius 2 is 2.15 bits per heavy atom. The van der Waals surface area contributed by atoms with Crippen molar-refractivity contribution in [3.05, 3.63) is 29.8 Å². The second-order valence-electron chi connectivity index (χ2n) is 4.47. The molecule has 1 aromatic carbocycles. The first kappa shape index (κ1) is 15.1. The van der Waals surface area contributed by atoms with Gasteiger partial charge in [0.2, 0.25) is 0 Å². The average Bonchev–Trinajstić information content (AvgIpc) is 2.46. The Hall–Kier alpha value is -1.30. The molecule has 1 fully saturated rings. The van der Waals surface area contributed by atoms with Crippen molar-refractivity contribution < 1.29 is 14.3 Å². The van der Waals surface area contributed by atoms with Crippen LogP contribution in [0.25, 0.3) is 0 Å². The lowest BCUT2D eigenvalue weighted by atomic mass is 10.1. The molecule has 7 heteroatoms. The number of halogens is 2. The zero-order valence-electron chi connectivity index (χ0n) is 10.9. The van der Waals surface area contributed by atoms with E-state index in [1.165, 1.54) is 9.80 Å². The largest absolute Gasteiger partial charge is 0.370 e. The fourth-order valence-electron chi connectivity index (χ4n) is 2.05. The van der Waals surface area contributed by atoms with E-state index in [9.17, 15) is 9.59 Å². The number of nitrogens with zero attached hydrogens (tertiary/aromatic N) is 2. The van der Waals surface area contributed by atoms with Gasteiger partial charge in [-0.2, -0.15) is 0 Å². The molecule has 5 nitrogen and oxygen atoms in total. The van der Waals surface area contributed by atoms with Crippen molar-refractivity contribution in [3.8, 4) is 0 Å². The first-order chi connectivity index (χ1) is 9.49. The van der Waals surface area contributed by atoms with Gasteiger partial charge in [-0.05, 0) is 40.9 Å². The maximum absolute atomic E-state index is 11.2. The van der Waals surface area contributed by atoms with Crippen LogP contribution >= 0.6 is 23.2 Å². The maximum Gasteiger partial charge on any atom is 0.320 e. The van der Waals surface area contributed by atoms with Crippen molar-refractivity contribution >= 4 is 39.6 Å². The van der Waals surface area contributed by atoms with Crippen LogP contribution in [0.3, 0.4) is 0 Å². The SMILES string of the molecule is CN(C(=O)Cl)c1cccc(C2CN(C(=O)Cl)CCO2)c1. The highest BCUT2D eigenvalue weighted by Gasteiger charge is 2.24. The molecule has 1 aromatic rings. The quantitative estimate of drug-likeness (QED) is 0.622. The minimum Gasteiger partial charge on any atom is -0.370 e. The number of carbonyl (C=O) groups excluding carboxylic acids is 2. The maximum atomic E-state index is 11.2. The standard InChI is InChI=1S/C13H14Cl2N2O3/c1-16(12(14)18)10-4-2-3-9(7-10)11-8-17(13(15)19)5-6-20-11/h2-4,7,11H,5-6,8H2,1H3. The van der Waals surface area contributed by atoms with Crippen molar-refractivity contribution in [1.82, 2.24) is 4.90 Å². The third-order valence-corrected chi connectivity index (χ3v) is 3.70. The lowest BCUT2D eigenvalue weighted by molar-refractivity contribution is -0.0119. The van der Waals surface area contributed by atoms with Gasteiger partial charge in [0, 0.05) is 19.3 Å². The van der Waals surface area contributed by atoms with Crippen molar-refractivity contribution in [2.24, 2.45) is 0 Å². The lowest BCUT2D eigenvalue weighted by Gasteiger charge is -2.32. The summed E-state index contributed by atoms with van der Waals surface area (Å²) >= 11 is 10.9. The zero-order chi connectivity index (χ0) is 14.7. The lowest BCUT2D eigenvalue weighted by Crippen LogP contribution is -2.39. The van der Waals surface area contributed by atoms with E-state index in [1.807, 2.05) is 18.2 Å². The summed E-state index contributed by atoms with van der Waals surface area (Å²) in [7, 11) is 1.59. The number of amides is 2. The Labute approximate surface area is 127 Å². The number of morpholine rings is 1. The van der Waals surface area contributed by atoms with Gasteiger partial charge in [-0.25, -0.2) is 0 Å².